The van der Waals surface area contributed by atoms with Crippen LogP contribution in [0.2, 0.25) is 0 Å². The van der Waals surface area contributed by atoms with Gasteiger partial charge in [-0.05, 0) is 45.9 Å². The summed E-state index contributed by atoms with van der Waals surface area (Å²) in [6.07, 6.45) is 0. The number of carbonyl (C=O) groups is 1. The lowest BCUT2D eigenvalue weighted by Gasteiger charge is -1.99. The zero-order chi connectivity index (χ0) is 11.7. The molecule has 0 N–H and O–H groups in total. The minimum absolute atomic E-state index is 0.0330. The number of hydrogen-bond acceptors (Lipinski definition) is 4. The highest BCUT2D eigenvalue weighted by atomic mass is 79.9. The molecule has 16 heavy (non-hydrogen) atoms. The lowest BCUT2D eigenvalue weighted by Crippen LogP contribution is -1.97. The summed E-state index contributed by atoms with van der Waals surface area (Å²) in [5, 5.41) is 1.86. The van der Waals surface area contributed by atoms with Gasteiger partial charge in [0.25, 0.3) is 0 Å². The summed E-state index contributed by atoms with van der Waals surface area (Å²) in [4.78, 5) is 13.6. The van der Waals surface area contributed by atoms with Gasteiger partial charge in [0, 0.05) is 0 Å². The Balaban J connectivity index is 2.39. The molecule has 2 aromatic heterocycles. The summed E-state index contributed by atoms with van der Waals surface area (Å²) in [6.45, 7) is 1.98. The van der Waals surface area contributed by atoms with E-state index in [4.69, 9.17) is 4.74 Å². The summed E-state index contributed by atoms with van der Waals surface area (Å²) in [7, 11) is 1.58. The van der Waals surface area contributed by atoms with Crippen LogP contribution in [0.15, 0.2) is 21.3 Å². The van der Waals surface area contributed by atoms with Crippen LogP contribution in [-0.4, -0.2) is 12.9 Å². The van der Waals surface area contributed by atoms with Gasteiger partial charge in [0.15, 0.2) is 0 Å². The second-order valence-corrected chi connectivity index (χ2v) is 6.50. The highest BCUT2D eigenvalue weighted by molar-refractivity contribution is 9.11. The zero-order valence-electron chi connectivity index (χ0n) is 8.74. The summed E-state index contributed by atoms with van der Waals surface area (Å²) < 4.78 is 6.15. The lowest BCUT2D eigenvalue weighted by atomic mass is 10.2. The Kier molecular flexibility index (Phi) is 3.47. The van der Waals surface area contributed by atoms with Crippen LogP contribution in [0.5, 0.6) is 5.75 Å². The molecule has 2 aromatic rings. The van der Waals surface area contributed by atoms with Crippen LogP contribution >= 0.6 is 38.6 Å². The monoisotopic (exact) mass is 316 g/mol. The van der Waals surface area contributed by atoms with E-state index in [0.717, 1.165) is 14.2 Å². The summed E-state index contributed by atoms with van der Waals surface area (Å²) in [5.41, 5.74) is 1.09. The first-order valence-corrected chi connectivity index (χ1v) is 7.04. The largest absolute Gasteiger partial charge is 0.495 e. The smallest absolute Gasteiger partial charge is 0.216 e. The highest BCUT2D eigenvalue weighted by Gasteiger charge is 2.18. The van der Waals surface area contributed by atoms with Crippen LogP contribution < -0.4 is 4.74 Å². The number of carbonyl (C=O) groups excluding carboxylic acids is 1. The fourth-order valence-electron chi connectivity index (χ4n) is 1.31. The molecular weight excluding hydrogens is 308 g/mol. The van der Waals surface area contributed by atoms with Crippen molar-refractivity contribution in [3.8, 4) is 5.75 Å². The Morgan fingerprint density at radius 1 is 1.50 bits per heavy atom. The first kappa shape index (κ1) is 11.8. The Bertz CT molecular complexity index is 508. The average molecular weight is 317 g/mol. The van der Waals surface area contributed by atoms with E-state index in [-0.39, 0.29) is 5.78 Å². The number of hydrogen-bond donors (Lipinski definition) is 0. The molecule has 0 aliphatic carbocycles. The molecule has 0 aliphatic heterocycles. The Labute approximate surface area is 110 Å². The predicted octanol–water partition coefficient (Wildman–Crippen LogP) is 4.12. The number of ketones is 1. The quantitative estimate of drug-likeness (QED) is 0.796. The average Bonchev–Trinajstić information content (AvgIpc) is 2.85. The van der Waals surface area contributed by atoms with Gasteiger partial charge in [-0.3, -0.25) is 4.79 Å². The maximum absolute atomic E-state index is 12.2. The minimum atomic E-state index is 0.0330. The highest BCUT2D eigenvalue weighted by Crippen LogP contribution is 2.33. The van der Waals surface area contributed by atoms with E-state index in [1.807, 2.05) is 24.4 Å². The first-order chi connectivity index (χ1) is 7.63. The van der Waals surface area contributed by atoms with Crippen molar-refractivity contribution in [2.75, 3.05) is 7.11 Å². The molecule has 2 nitrogen and oxygen atoms in total. The molecule has 0 aliphatic rings. The van der Waals surface area contributed by atoms with E-state index in [9.17, 15) is 4.79 Å². The first-order valence-electron chi connectivity index (χ1n) is 4.55. The van der Waals surface area contributed by atoms with Gasteiger partial charge in [-0.25, -0.2) is 0 Å². The maximum atomic E-state index is 12.2. The molecule has 0 aromatic carbocycles. The van der Waals surface area contributed by atoms with Gasteiger partial charge in [-0.1, -0.05) is 0 Å². The standard InChI is InChI=1S/C11H9BrO2S2/c1-6-5-8(16-11(6)12)9(13)10-7(14-2)3-4-15-10/h3-5H,1-2H3. The lowest BCUT2D eigenvalue weighted by molar-refractivity contribution is 0.104. The zero-order valence-corrected chi connectivity index (χ0v) is 12.0. The minimum Gasteiger partial charge on any atom is -0.495 e. The van der Waals surface area contributed by atoms with E-state index in [0.29, 0.717) is 10.6 Å². The molecule has 0 radical (unpaired) electrons. The molecule has 2 heterocycles. The van der Waals surface area contributed by atoms with E-state index >= 15 is 0 Å². The van der Waals surface area contributed by atoms with Crippen molar-refractivity contribution in [2.24, 2.45) is 0 Å². The number of ether oxygens (including phenoxy) is 1. The molecule has 84 valence electrons. The van der Waals surface area contributed by atoms with Crippen LogP contribution in [0.1, 0.15) is 20.1 Å². The normalized spacial score (nSPS) is 10.4. The molecule has 0 atom stereocenters. The fourth-order valence-corrected chi connectivity index (χ4v) is 3.67. The van der Waals surface area contributed by atoms with Crippen LogP contribution in [0, 0.1) is 6.92 Å². The fraction of sp³-hybridized carbons (Fsp3) is 0.182. The third kappa shape index (κ3) is 2.07. The summed E-state index contributed by atoms with van der Waals surface area (Å²) in [5.74, 6) is 0.683. The molecule has 5 heteroatoms. The topological polar surface area (TPSA) is 26.3 Å². The third-order valence-electron chi connectivity index (χ3n) is 2.14. The van der Waals surface area contributed by atoms with Gasteiger partial charge in [-0.2, -0.15) is 0 Å². The van der Waals surface area contributed by atoms with Crippen molar-refractivity contribution in [3.63, 3.8) is 0 Å². The van der Waals surface area contributed by atoms with Crippen molar-refractivity contribution < 1.29 is 9.53 Å². The second-order valence-electron chi connectivity index (χ2n) is 3.21. The molecule has 0 saturated carbocycles. The van der Waals surface area contributed by atoms with E-state index in [2.05, 4.69) is 15.9 Å². The maximum Gasteiger partial charge on any atom is 0.216 e. The van der Waals surface area contributed by atoms with Crippen molar-refractivity contribution in [1.29, 1.82) is 0 Å². The SMILES string of the molecule is COc1ccsc1C(=O)c1cc(C)c(Br)s1. The van der Waals surface area contributed by atoms with Crippen LogP contribution in [-0.2, 0) is 0 Å². The van der Waals surface area contributed by atoms with Gasteiger partial charge in [0.1, 0.15) is 10.6 Å². The molecule has 0 amide bonds. The van der Waals surface area contributed by atoms with E-state index in [1.54, 1.807) is 7.11 Å². The van der Waals surface area contributed by atoms with Gasteiger partial charge in [0.2, 0.25) is 5.78 Å². The second kappa shape index (κ2) is 4.69. The molecule has 2 rings (SSSR count). The molecule has 0 fully saturated rings. The summed E-state index contributed by atoms with van der Waals surface area (Å²) in [6, 6.07) is 3.71. The number of methoxy groups -OCH3 is 1. The van der Waals surface area contributed by atoms with Crippen LogP contribution in [0.3, 0.4) is 0 Å². The number of aryl methyl sites for hydroxylation is 1. The van der Waals surface area contributed by atoms with Gasteiger partial charge in [-0.15, -0.1) is 22.7 Å². The van der Waals surface area contributed by atoms with Crippen molar-refractivity contribution in [1.82, 2.24) is 0 Å². The van der Waals surface area contributed by atoms with Crippen molar-refractivity contribution >= 4 is 44.4 Å². The summed E-state index contributed by atoms with van der Waals surface area (Å²) >= 11 is 6.29. The van der Waals surface area contributed by atoms with Gasteiger partial charge in [0.05, 0.1) is 15.8 Å². The van der Waals surface area contributed by atoms with Crippen LogP contribution in [0.25, 0.3) is 0 Å². The molecule has 0 saturated heterocycles. The van der Waals surface area contributed by atoms with E-state index in [1.165, 1.54) is 22.7 Å². The molecule has 0 spiro atoms. The molecular formula is C11H9BrO2S2. The van der Waals surface area contributed by atoms with Crippen molar-refractivity contribution in [2.45, 2.75) is 6.92 Å². The number of halogens is 1. The van der Waals surface area contributed by atoms with E-state index < -0.39 is 0 Å². The van der Waals surface area contributed by atoms with Gasteiger partial charge < -0.3 is 4.74 Å². The third-order valence-corrected chi connectivity index (χ3v) is 5.17. The number of thiophene rings is 2. The Hall–Kier alpha value is -0.650. The number of rotatable bonds is 3. The van der Waals surface area contributed by atoms with Crippen molar-refractivity contribution in [3.05, 3.63) is 36.6 Å². The molecule has 0 bridgehead atoms. The predicted molar refractivity (Wildman–Crippen MR) is 71.1 cm³/mol. The van der Waals surface area contributed by atoms with Gasteiger partial charge >= 0.3 is 0 Å². The molecule has 0 unspecified atom stereocenters. The Morgan fingerprint density at radius 3 is 2.81 bits per heavy atom. The Morgan fingerprint density at radius 2 is 2.25 bits per heavy atom. The van der Waals surface area contributed by atoms with Crippen LogP contribution in [0.4, 0.5) is 0 Å².